The molecule has 106 valence electrons. The maximum atomic E-state index is 13.5. The average molecular weight is 342 g/mol. The normalized spacial score (nSPS) is 12.2. The van der Waals surface area contributed by atoms with E-state index in [2.05, 4.69) is 21.2 Å². The van der Waals surface area contributed by atoms with E-state index >= 15 is 0 Å². The molecule has 0 spiro atoms. The molecule has 0 amide bonds. The number of rotatable bonds is 4. The third kappa shape index (κ3) is 3.35. The molecular formula is C15H14BrF2NO. The summed E-state index contributed by atoms with van der Waals surface area (Å²) in [5.41, 5.74) is 1.62. The van der Waals surface area contributed by atoms with Crippen LogP contribution in [0.4, 0.5) is 14.5 Å². The van der Waals surface area contributed by atoms with Crippen molar-refractivity contribution in [1.82, 2.24) is 0 Å². The van der Waals surface area contributed by atoms with Crippen LogP contribution in [-0.2, 0) is 0 Å². The van der Waals surface area contributed by atoms with Crippen LogP contribution in [0.15, 0.2) is 40.9 Å². The maximum absolute atomic E-state index is 13.5. The summed E-state index contributed by atoms with van der Waals surface area (Å²) in [5, 5.41) is 12.9. The van der Waals surface area contributed by atoms with Gasteiger partial charge in [-0.25, -0.2) is 8.78 Å². The highest BCUT2D eigenvalue weighted by atomic mass is 79.9. The van der Waals surface area contributed by atoms with Gasteiger partial charge in [0, 0.05) is 17.8 Å². The van der Waals surface area contributed by atoms with E-state index in [4.69, 9.17) is 0 Å². The summed E-state index contributed by atoms with van der Waals surface area (Å²) >= 11 is 3.10. The first-order valence-corrected chi connectivity index (χ1v) is 6.90. The Kier molecular flexibility index (Phi) is 4.73. The first-order chi connectivity index (χ1) is 9.49. The van der Waals surface area contributed by atoms with Gasteiger partial charge in [-0.05, 0) is 46.6 Å². The van der Waals surface area contributed by atoms with Crippen LogP contribution in [0.25, 0.3) is 0 Å². The van der Waals surface area contributed by atoms with Crippen LogP contribution >= 0.6 is 15.9 Å². The zero-order chi connectivity index (χ0) is 14.7. The lowest BCUT2D eigenvalue weighted by molar-refractivity contribution is 0.186. The van der Waals surface area contributed by atoms with Gasteiger partial charge in [-0.1, -0.05) is 18.2 Å². The number of nitrogens with one attached hydrogen (secondary N) is 1. The molecular weight excluding hydrogens is 328 g/mol. The third-order valence-corrected chi connectivity index (χ3v) is 3.63. The average Bonchev–Trinajstić information content (AvgIpc) is 2.41. The molecule has 2 nitrogen and oxygen atoms in total. The van der Waals surface area contributed by atoms with Gasteiger partial charge in [-0.2, -0.15) is 0 Å². The van der Waals surface area contributed by atoms with E-state index in [9.17, 15) is 13.9 Å². The second kappa shape index (κ2) is 6.33. The van der Waals surface area contributed by atoms with E-state index in [1.807, 2.05) is 6.92 Å². The number of aliphatic hydroxyl groups is 1. The SMILES string of the molecule is Cc1cc(Br)c(F)cc1NCC(O)c1ccccc1F. The lowest BCUT2D eigenvalue weighted by Crippen LogP contribution is -2.14. The summed E-state index contributed by atoms with van der Waals surface area (Å²) in [6, 6.07) is 9.03. The molecule has 0 aliphatic carbocycles. The molecule has 0 aromatic heterocycles. The molecule has 0 heterocycles. The number of benzene rings is 2. The monoisotopic (exact) mass is 341 g/mol. The summed E-state index contributed by atoms with van der Waals surface area (Å²) in [6.45, 7) is 1.92. The summed E-state index contributed by atoms with van der Waals surface area (Å²) in [5.74, 6) is -0.848. The number of aliphatic hydroxyl groups excluding tert-OH is 1. The summed E-state index contributed by atoms with van der Waals surface area (Å²) in [4.78, 5) is 0. The molecule has 5 heteroatoms. The number of anilines is 1. The van der Waals surface area contributed by atoms with E-state index in [1.54, 1.807) is 18.2 Å². The smallest absolute Gasteiger partial charge is 0.139 e. The molecule has 2 N–H and O–H groups in total. The van der Waals surface area contributed by atoms with Crippen molar-refractivity contribution in [1.29, 1.82) is 0 Å². The Hall–Kier alpha value is -1.46. The van der Waals surface area contributed by atoms with Gasteiger partial charge < -0.3 is 10.4 Å². The van der Waals surface area contributed by atoms with Crippen molar-refractivity contribution in [2.75, 3.05) is 11.9 Å². The van der Waals surface area contributed by atoms with Crippen molar-refractivity contribution < 1.29 is 13.9 Å². The van der Waals surface area contributed by atoms with E-state index in [-0.39, 0.29) is 12.1 Å². The Morgan fingerprint density at radius 2 is 1.90 bits per heavy atom. The lowest BCUT2D eigenvalue weighted by atomic mass is 10.1. The van der Waals surface area contributed by atoms with Crippen LogP contribution in [0.1, 0.15) is 17.2 Å². The molecule has 1 atom stereocenters. The van der Waals surface area contributed by atoms with Gasteiger partial charge in [0.05, 0.1) is 10.6 Å². The minimum atomic E-state index is -0.998. The highest BCUT2D eigenvalue weighted by Gasteiger charge is 2.13. The summed E-state index contributed by atoms with van der Waals surface area (Å²) in [7, 11) is 0. The van der Waals surface area contributed by atoms with Gasteiger partial charge >= 0.3 is 0 Å². The summed E-state index contributed by atoms with van der Waals surface area (Å²) in [6.07, 6.45) is -0.998. The molecule has 0 aliphatic rings. The second-order valence-electron chi connectivity index (χ2n) is 4.50. The van der Waals surface area contributed by atoms with Gasteiger partial charge in [0.1, 0.15) is 11.6 Å². The van der Waals surface area contributed by atoms with E-state index in [0.717, 1.165) is 5.56 Å². The molecule has 0 bridgehead atoms. The standard InChI is InChI=1S/C15H14BrF2NO/c1-9-6-11(16)13(18)7-14(9)19-8-15(20)10-4-2-3-5-12(10)17/h2-7,15,19-20H,8H2,1H3. The summed E-state index contributed by atoms with van der Waals surface area (Å²) < 4.78 is 27.4. The number of aryl methyl sites for hydroxylation is 1. The van der Waals surface area contributed by atoms with Crippen molar-refractivity contribution in [3.63, 3.8) is 0 Å². The molecule has 20 heavy (non-hydrogen) atoms. The highest BCUT2D eigenvalue weighted by molar-refractivity contribution is 9.10. The minimum absolute atomic E-state index is 0.100. The van der Waals surface area contributed by atoms with Crippen LogP contribution in [0.5, 0.6) is 0 Å². The van der Waals surface area contributed by atoms with Gasteiger partial charge in [0.2, 0.25) is 0 Å². The van der Waals surface area contributed by atoms with E-state index < -0.39 is 17.7 Å². The van der Waals surface area contributed by atoms with Gasteiger partial charge in [-0.3, -0.25) is 0 Å². The van der Waals surface area contributed by atoms with Gasteiger partial charge in [-0.15, -0.1) is 0 Å². The van der Waals surface area contributed by atoms with Gasteiger partial charge in [0.15, 0.2) is 0 Å². The molecule has 0 radical (unpaired) electrons. The Morgan fingerprint density at radius 1 is 1.20 bits per heavy atom. The third-order valence-electron chi connectivity index (χ3n) is 3.02. The van der Waals surface area contributed by atoms with Crippen molar-refractivity contribution in [2.24, 2.45) is 0 Å². The van der Waals surface area contributed by atoms with Crippen LogP contribution in [0, 0.1) is 18.6 Å². The van der Waals surface area contributed by atoms with Crippen molar-refractivity contribution >= 4 is 21.6 Å². The minimum Gasteiger partial charge on any atom is -0.386 e. The molecule has 0 fully saturated rings. The second-order valence-corrected chi connectivity index (χ2v) is 5.35. The lowest BCUT2D eigenvalue weighted by Gasteiger charge is -2.15. The van der Waals surface area contributed by atoms with Crippen LogP contribution in [0.3, 0.4) is 0 Å². The zero-order valence-electron chi connectivity index (χ0n) is 10.8. The number of halogens is 3. The van der Waals surface area contributed by atoms with E-state index in [1.165, 1.54) is 18.2 Å². The fourth-order valence-corrected chi connectivity index (χ4v) is 2.36. The Labute approximate surface area is 124 Å². The fraction of sp³-hybridized carbons (Fsp3) is 0.200. The largest absolute Gasteiger partial charge is 0.386 e. The number of hydrogen-bond donors (Lipinski definition) is 2. The van der Waals surface area contributed by atoms with Crippen LogP contribution in [-0.4, -0.2) is 11.7 Å². The highest BCUT2D eigenvalue weighted by Crippen LogP contribution is 2.25. The molecule has 2 aromatic rings. The van der Waals surface area contributed by atoms with Crippen molar-refractivity contribution in [3.8, 4) is 0 Å². The van der Waals surface area contributed by atoms with Crippen LogP contribution < -0.4 is 5.32 Å². The Bertz CT molecular complexity index is 619. The topological polar surface area (TPSA) is 32.3 Å². The van der Waals surface area contributed by atoms with Crippen molar-refractivity contribution in [2.45, 2.75) is 13.0 Å². The molecule has 1 unspecified atom stereocenters. The Morgan fingerprint density at radius 3 is 2.60 bits per heavy atom. The zero-order valence-corrected chi connectivity index (χ0v) is 12.4. The number of hydrogen-bond acceptors (Lipinski definition) is 2. The maximum Gasteiger partial charge on any atom is 0.139 e. The van der Waals surface area contributed by atoms with Gasteiger partial charge in [0.25, 0.3) is 0 Å². The Balaban J connectivity index is 2.09. The molecule has 0 saturated carbocycles. The van der Waals surface area contributed by atoms with Crippen molar-refractivity contribution in [3.05, 3.63) is 63.6 Å². The van der Waals surface area contributed by atoms with E-state index in [0.29, 0.717) is 10.2 Å². The van der Waals surface area contributed by atoms with Crippen LogP contribution in [0.2, 0.25) is 0 Å². The molecule has 0 saturated heterocycles. The molecule has 2 rings (SSSR count). The quantitative estimate of drug-likeness (QED) is 0.874. The first kappa shape index (κ1) is 14.9. The molecule has 2 aromatic carbocycles. The fourth-order valence-electron chi connectivity index (χ4n) is 1.90. The first-order valence-electron chi connectivity index (χ1n) is 6.11. The predicted molar refractivity (Wildman–Crippen MR) is 78.7 cm³/mol. The molecule has 0 aliphatic heterocycles. The predicted octanol–water partition coefficient (Wildman–Crippen LogP) is 4.18.